The monoisotopic (exact) mass is 392 g/mol. The molecular formula is C12H15F9NO3+. The molecule has 25 heavy (non-hydrogen) atoms. The van der Waals surface area contributed by atoms with Gasteiger partial charge in [0.25, 0.3) is 0 Å². The van der Waals surface area contributed by atoms with Gasteiger partial charge in [-0.15, -0.1) is 0 Å². The number of carbonyl (C=O) groups excluding carboxylic acids is 1. The second-order valence-electron chi connectivity index (χ2n) is 5.36. The van der Waals surface area contributed by atoms with Crippen LogP contribution in [0.3, 0.4) is 0 Å². The Hall–Kier alpha value is -1.24. The van der Waals surface area contributed by atoms with Gasteiger partial charge < -0.3 is 14.4 Å². The molecule has 1 rings (SSSR count). The van der Waals surface area contributed by atoms with E-state index in [1.54, 1.807) is 0 Å². The van der Waals surface area contributed by atoms with Gasteiger partial charge in [0, 0.05) is 0 Å². The third-order valence-corrected chi connectivity index (χ3v) is 3.49. The summed E-state index contributed by atoms with van der Waals surface area (Å²) in [6.45, 7) is 1.48. The van der Waals surface area contributed by atoms with Gasteiger partial charge in [-0.3, -0.25) is 4.79 Å². The number of rotatable bonds is 7. The van der Waals surface area contributed by atoms with E-state index in [9.17, 15) is 44.3 Å². The van der Waals surface area contributed by atoms with Gasteiger partial charge in [0.1, 0.15) is 32.7 Å². The molecule has 0 aliphatic carbocycles. The van der Waals surface area contributed by atoms with Crippen LogP contribution in [0.5, 0.6) is 0 Å². The molecule has 1 N–H and O–H groups in total. The fourth-order valence-corrected chi connectivity index (χ4v) is 1.97. The molecule has 1 heterocycles. The number of halogens is 9. The van der Waals surface area contributed by atoms with E-state index < -0.39 is 42.9 Å². The van der Waals surface area contributed by atoms with Crippen LogP contribution >= 0.6 is 0 Å². The molecule has 1 fully saturated rings. The molecule has 0 bridgehead atoms. The van der Waals surface area contributed by atoms with Crippen molar-refractivity contribution in [2.24, 2.45) is 0 Å². The first-order valence-corrected chi connectivity index (χ1v) is 6.99. The molecule has 0 radical (unpaired) electrons. The minimum absolute atomic E-state index is 0.121. The van der Waals surface area contributed by atoms with Gasteiger partial charge in [0.15, 0.2) is 0 Å². The zero-order valence-electron chi connectivity index (χ0n) is 12.6. The molecule has 0 saturated carbocycles. The Morgan fingerprint density at radius 3 is 1.92 bits per heavy atom. The molecule has 1 aliphatic rings. The summed E-state index contributed by atoms with van der Waals surface area (Å²) in [6, 6.07) is 0. The summed E-state index contributed by atoms with van der Waals surface area (Å²) in [6.07, 6.45) is -9.52. The van der Waals surface area contributed by atoms with Crippen LogP contribution in [0.15, 0.2) is 0 Å². The Balaban J connectivity index is 2.61. The molecule has 4 nitrogen and oxygen atoms in total. The normalized spacial score (nSPS) is 18.3. The van der Waals surface area contributed by atoms with Gasteiger partial charge in [-0.1, -0.05) is 0 Å². The highest BCUT2D eigenvalue weighted by Gasteiger charge is 2.81. The van der Waals surface area contributed by atoms with Crippen LogP contribution in [0, 0.1) is 0 Å². The highest BCUT2D eigenvalue weighted by Crippen LogP contribution is 2.54. The van der Waals surface area contributed by atoms with Crippen LogP contribution in [-0.4, -0.2) is 69.4 Å². The molecule has 0 aromatic heterocycles. The Morgan fingerprint density at radius 1 is 0.920 bits per heavy atom. The minimum Gasteiger partial charge on any atom is -0.460 e. The van der Waals surface area contributed by atoms with Crippen LogP contribution in [0.25, 0.3) is 0 Å². The first-order chi connectivity index (χ1) is 11.2. The Morgan fingerprint density at radius 2 is 1.44 bits per heavy atom. The van der Waals surface area contributed by atoms with Crippen molar-refractivity contribution in [3.8, 4) is 0 Å². The van der Waals surface area contributed by atoms with Crippen molar-refractivity contribution >= 4 is 5.97 Å². The van der Waals surface area contributed by atoms with Gasteiger partial charge >= 0.3 is 29.9 Å². The lowest BCUT2D eigenvalue weighted by Gasteiger charge is -2.33. The van der Waals surface area contributed by atoms with Crippen molar-refractivity contribution in [3.63, 3.8) is 0 Å². The van der Waals surface area contributed by atoms with Crippen molar-refractivity contribution in [2.75, 3.05) is 39.5 Å². The van der Waals surface area contributed by atoms with E-state index in [4.69, 9.17) is 4.74 Å². The van der Waals surface area contributed by atoms with E-state index in [0.29, 0.717) is 26.3 Å². The van der Waals surface area contributed by atoms with Gasteiger partial charge in [0.2, 0.25) is 0 Å². The lowest BCUT2D eigenvalue weighted by Crippen LogP contribution is -3.14. The minimum atomic E-state index is -7.01. The van der Waals surface area contributed by atoms with Crippen molar-refractivity contribution in [3.05, 3.63) is 0 Å². The van der Waals surface area contributed by atoms with Crippen LogP contribution in [0.1, 0.15) is 6.42 Å². The maximum Gasteiger partial charge on any atom is 0.460 e. The van der Waals surface area contributed by atoms with Gasteiger partial charge in [-0.25, -0.2) is 0 Å². The molecule has 0 aromatic rings. The van der Waals surface area contributed by atoms with E-state index >= 15 is 0 Å². The third-order valence-electron chi connectivity index (χ3n) is 3.49. The molecular weight excluding hydrogens is 377 g/mol. The average Bonchev–Trinajstić information content (AvgIpc) is 2.46. The second kappa shape index (κ2) is 7.56. The van der Waals surface area contributed by atoms with Crippen molar-refractivity contribution in [1.29, 1.82) is 0 Å². The number of ether oxygens (including phenoxy) is 2. The standard InChI is InChI=1S/C12H14F9NO3/c13-9(14,10(15,16)11(17,18)12(19,20)21)7-8(23)25-6-3-22-1-4-24-5-2-22/h1-7H2/p+1. The second-order valence-corrected chi connectivity index (χ2v) is 5.36. The summed E-state index contributed by atoms with van der Waals surface area (Å²) in [4.78, 5) is 12.0. The first kappa shape index (κ1) is 21.8. The molecule has 0 aromatic carbocycles. The molecule has 0 amide bonds. The van der Waals surface area contributed by atoms with Crippen LogP contribution in [0.2, 0.25) is 0 Å². The largest absolute Gasteiger partial charge is 0.460 e. The van der Waals surface area contributed by atoms with E-state index in [2.05, 4.69) is 4.74 Å². The first-order valence-electron chi connectivity index (χ1n) is 6.99. The molecule has 13 heteroatoms. The SMILES string of the molecule is O=C(CC(F)(F)C(F)(F)C(F)(F)C(F)(F)F)OCC[NH+]1CCOCC1. The van der Waals surface area contributed by atoms with Crippen LogP contribution < -0.4 is 4.90 Å². The third kappa shape index (κ3) is 4.90. The summed E-state index contributed by atoms with van der Waals surface area (Å²) in [5, 5.41) is 0. The summed E-state index contributed by atoms with van der Waals surface area (Å²) in [7, 11) is 0. The van der Waals surface area contributed by atoms with Crippen LogP contribution in [0.4, 0.5) is 39.5 Å². The summed E-state index contributed by atoms with van der Waals surface area (Å²) in [5.74, 6) is -21.8. The summed E-state index contributed by atoms with van der Waals surface area (Å²) in [5.41, 5.74) is 0. The van der Waals surface area contributed by atoms with Gasteiger partial charge in [0.05, 0.1) is 13.2 Å². The fourth-order valence-electron chi connectivity index (χ4n) is 1.97. The van der Waals surface area contributed by atoms with Crippen molar-refractivity contribution in [1.82, 2.24) is 0 Å². The maximum atomic E-state index is 13.2. The van der Waals surface area contributed by atoms with Crippen LogP contribution in [-0.2, 0) is 14.3 Å². The average molecular weight is 392 g/mol. The number of nitrogens with one attached hydrogen (secondary N) is 1. The lowest BCUT2D eigenvalue weighted by molar-refractivity contribution is -0.908. The predicted molar refractivity (Wildman–Crippen MR) is 62.9 cm³/mol. The zero-order valence-corrected chi connectivity index (χ0v) is 12.6. The molecule has 1 aliphatic heterocycles. The summed E-state index contributed by atoms with van der Waals surface area (Å²) < 4.78 is 123. The van der Waals surface area contributed by atoms with Crippen molar-refractivity contribution in [2.45, 2.75) is 30.4 Å². The van der Waals surface area contributed by atoms with Gasteiger partial charge in [-0.05, 0) is 0 Å². The molecule has 1 saturated heterocycles. The number of hydrogen-bond donors (Lipinski definition) is 1. The Labute approximate surface area is 135 Å². The Bertz CT molecular complexity index is 461. The highest BCUT2D eigenvalue weighted by atomic mass is 19.4. The fraction of sp³-hybridized carbons (Fsp3) is 0.917. The quantitative estimate of drug-likeness (QED) is 0.525. The maximum absolute atomic E-state index is 13.2. The molecule has 0 atom stereocenters. The van der Waals surface area contributed by atoms with E-state index in [0.717, 1.165) is 4.90 Å². The number of quaternary nitrogens is 1. The number of alkyl halides is 9. The molecule has 0 spiro atoms. The smallest absolute Gasteiger partial charge is 0.460 e. The lowest BCUT2D eigenvalue weighted by atomic mass is 10.0. The topological polar surface area (TPSA) is 40.0 Å². The molecule has 0 unspecified atom stereocenters. The zero-order chi connectivity index (χ0) is 19.5. The summed E-state index contributed by atoms with van der Waals surface area (Å²) >= 11 is 0. The Kier molecular flexibility index (Phi) is 6.59. The van der Waals surface area contributed by atoms with Gasteiger partial charge in [-0.2, -0.15) is 39.5 Å². The number of morpholine rings is 1. The highest BCUT2D eigenvalue weighted by molar-refractivity contribution is 5.70. The van der Waals surface area contributed by atoms with E-state index in [1.807, 2.05) is 0 Å². The number of esters is 1. The molecule has 148 valence electrons. The number of hydrogen-bond acceptors (Lipinski definition) is 3. The number of carbonyl (C=O) groups is 1. The van der Waals surface area contributed by atoms with E-state index in [1.165, 1.54) is 0 Å². The van der Waals surface area contributed by atoms with Crippen molar-refractivity contribution < 1.29 is 58.7 Å². The predicted octanol–water partition coefficient (Wildman–Crippen LogP) is 1.30. The van der Waals surface area contributed by atoms with E-state index in [-0.39, 0.29) is 6.54 Å².